The fraction of sp³-hybridized carbons (Fsp3) is 0.455. The highest BCUT2D eigenvalue weighted by Gasteiger charge is 2.16. The lowest BCUT2D eigenvalue weighted by atomic mass is 10.1. The van der Waals surface area contributed by atoms with E-state index in [0.717, 1.165) is 4.57 Å². The van der Waals surface area contributed by atoms with Crippen LogP contribution in [-0.2, 0) is 6.54 Å². The molecule has 0 saturated carbocycles. The van der Waals surface area contributed by atoms with Gasteiger partial charge in [0.05, 0.1) is 6.61 Å². The Kier molecular flexibility index (Phi) is 4.87. The molecule has 1 rings (SSSR count). The molecule has 0 bridgehead atoms. The molecule has 0 atom stereocenters. The van der Waals surface area contributed by atoms with Gasteiger partial charge in [-0.3, -0.25) is 14.2 Å². The highest BCUT2D eigenvalue weighted by Crippen LogP contribution is 2.17. The minimum atomic E-state index is -0.776. The number of aliphatic hydroxyl groups is 1. The Balaban J connectivity index is 3.01. The topological polar surface area (TPSA) is 118 Å². The van der Waals surface area contributed by atoms with E-state index in [4.69, 9.17) is 10.8 Å². The summed E-state index contributed by atoms with van der Waals surface area (Å²) in [7, 11) is 0. The van der Waals surface area contributed by atoms with Crippen molar-refractivity contribution >= 4 is 5.91 Å². The first-order valence-corrected chi connectivity index (χ1v) is 5.53. The van der Waals surface area contributed by atoms with E-state index in [0.29, 0.717) is 18.7 Å². The van der Waals surface area contributed by atoms with E-state index in [2.05, 4.69) is 5.32 Å². The Labute approximate surface area is 104 Å². The standard InChI is InChI=1S/C11H17N3O4/c1-7-6-8(16)14(4-2-13-3-5-15)11(18)9(7)10(12)17/h6,13,15,18H,2-5H2,1H3,(H2,12,17). The Morgan fingerprint density at radius 1 is 1.50 bits per heavy atom. The number of rotatable bonds is 6. The number of pyridine rings is 1. The van der Waals surface area contributed by atoms with Crippen LogP contribution in [-0.4, -0.2) is 40.4 Å². The van der Waals surface area contributed by atoms with Crippen LogP contribution < -0.4 is 16.6 Å². The minimum absolute atomic E-state index is 0.0126. The van der Waals surface area contributed by atoms with E-state index in [9.17, 15) is 14.7 Å². The molecular weight excluding hydrogens is 238 g/mol. The first-order valence-electron chi connectivity index (χ1n) is 5.53. The number of carbonyl (C=O) groups is 1. The van der Waals surface area contributed by atoms with Crippen molar-refractivity contribution in [3.63, 3.8) is 0 Å². The Hall–Kier alpha value is -1.86. The van der Waals surface area contributed by atoms with E-state index in [1.807, 2.05) is 0 Å². The summed E-state index contributed by atoms with van der Waals surface area (Å²) in [6.45, 7) is 2.49. The summed E-state index contributed by atoms with van der Waals surface area (Å²) in [5.41, 5.74) is 5.05. The summed E-state index contributed by atoms with van der Waals surface area (Å²) in [5, 5.41) is 21.3. The van der Waals surface area contributed by atoms with Crippen LogP contribution in [0.2, 0.25) is 0 Å². The van der Waals surface area contributed by atoms with Gasteiger partial charge in [-0.2, -0.15) is 0 Å². The SMILES string of the molecule is Cc1cc(=O)n(CCNCCO)c(O)c1C(N)=O. The highest BCUT2D eigenvalue weighted by molar-refractivity contribution is 5.96. The van der Waals surface area contributed by atoms with Crippen molar-refractivity contribution in [1.29, 1.82) is 0 Å². The van der Waals surface area contributed by atoms with Crippen LogP contribution in [0.4, 0.5) is 0 Å². The lowest BCUT2D eigenvalue weighted by Crippen LogP contribution is -2.30. The second-order valence-corrected chi connectivity index (χ2v) is 3.85. The van der Waals surface area contributed by atoms with Crippen LogP contribution in [0, 0.1) is 6.92 Å². The molecule has 7 nitrogen and oxygen atoms in total. The molecule has 0 radical (unpaired) electrons. The largest absolute Gasteiger partial charge is 0.494 e. The lowest BCUT2D eigenvalue weighted by molar-refractivity contribution is 0.0995. The first-order chi connectivity index (χ1) is 8.49. The molecule has 0 aliphatic carbocycles. The van der Waals surface area contributed by atoms with Crippen molar-refractivity contribution in [2.75, 3.05) is 19.7 Å². The number of hydrogen-bond donors (Lipinski definition) is 4. The minimum Gasteiger partial charge on any atom is -0.494 e. The number of nitrogens with two attached hydrogens (primary N) is 1. The van der Waals surface area contributed by atoms with E-state index in [1.54, 1.807) is 0 Å². The summed E-state index contributed by atoms with van der Waals surface area (Å²) in [6.07, 6.45) is 0. The van der Waals surface area contributed by atoms with Crippen LogP contribution >= 0.6 is 0 Å². The fourth-order valence-electron chi connectivity index (χ4n) is 1.67. The number of primary amides is 1. The van der Waals surface area contributed by atoms with Crippen molar-refractivity contribution in [2.45, 2.75) is 13.5 Å². The van der Waals surface area contributed by atoms with Gasteiger partial charge in [-0.25, -0.2) is 0 Å². The molecule has 7 heteroatoms. The Morgan fingerprint density at radius 3 is 2.72 bits per heavy atom. The molecule has 0 aromatic carbocycles. The maximum Gasteiger partial charge on any atom is 0.254 e. The molecule has 1 heterocycles. The molecule has 0 unspecified atom stereocenters. The van der Waals surface area contributed by atoms with Gasteiger partial charge in [0.15, 0.2) is 0 Å². The summed E-state index contributed by atoms with van der Waals surface area (Å²) in [5.74, 6) is -1.19. The van der Waals surface area contributed by atoms with Crippen molar-refractivity contribution in [3.05, 3.63) is 27.5 Å². The van der Waals surface area contributed by atoms with E-state index in [1.165, 1.54) is 13.0 Å². The average molecular weight is 255 g/mol. The summed E-state index contributed by atoms with van der Waals surface area (Å²) in [4.78, 5) is 22.9. The normalized spacial score (nSPS) is 10.6. The molecule has 0 aliphatic rings. The van der Waals surface area contributed by atoms with Gasteiger partial charge in [-0.1, -0.05) is 0 Å². The molecule has 0 aliphatic heterocycles. The van der Waals surface area contributed by atoms with Gasteiger partial charge in [0.2, 0.25) is 5.88 Å². The van der Waals surface area contributed by atoms with Gasteiger partial charge >= 0.3 is 0 Å². The van der Waals surface area contributed by atoms with Crippen molar-refractivity contribution in [2.24, 2.45) is 5.73 Å². The third kappa shape index (κ3) is 3.08. The highest BCUT2D eigenvalue weighted by atomic mass is 16.3. The molecule has 0 spiro atoms. The predicted molar refractivity (Wildman–Crippen MR) is 65.6 cm³/mol. The second kappa shape index (κ2) is 6.18. The molecule has 18 heavy (non-hydrogen) atoms. The van der Waals surface area contributed by atoms with E-state index < -0.39 is 17.3 Å². The number of aromatic nitrogens is 1. The number of aryl methyl sites for hydroxylation is 1. The number of aliphatic hydroxyl groups excluding tert-OH is 1. The maximum atomic E-state index is 11.7. The third-order valence-corrected chi connectivity index (χ3v) is 2.53. The lowest BCUT2D eigenvalue weighted by Gasteiger charge is -2.12. The Bertz CT molecular complexity index is 496. The number of amides is 1. The molecular formula is C11H17N3O4. The van der Waals surface area contributed by atoms with E-state index >= 15 is 0 Å². The zero-order valence-corrected chi connectivity index (χ0v) is 10.1. The van der Waals surface area contributed by atoms with E-state index in [-0.39, 0.29) is 18.7 Å². The predicted octanol–water partition coefficient (Wildman–Crippen LogP) is -1.46. The number of hydrogen-bond acceptors (Lipinski definition) is 5. The monoisotopic (exact) mass is 255 g/mol. The first kappa shape index (κ1) is 14.2. The molecule has 0 fully saturated rings. The zero-order chi connectivity index (χ0) is 13.7. The summed E-state index contributed by atoms with van der Waals surface area (Å²) >= 11 is 0. The van der Waals surface area contributed by atoms with Gasteiger partial charge in [0.25, 0.3) is 11.5 Å². The molecule has 1 aromatic rings. The van der Waals surface area contributed by atoms with Gasteiger partial charge in [-0.05, 0) is 12.5 Å². The van der Waals surface area contributed by atoms with Crippen LogP contribution in [0.3, 0.4) is 0 Å². The number of aromatic hydroxyl groups is 1. The summed E-state index contributed by atoms with van der Waals surface area (Å²) < 4.78 is 1.07. The van der Waals surface area contributed by atoms with Crippen LogP contribution in [0.15, 0.2) is 10.9 Å². The quantitative estimate of drug-likeness (QED) is 0.463. The average Bonchev–Trinajstić information content (AvgIpc) is 2.26. The van der Waals surface area contributed by atoms with Crippen molar-refractivity contribution in [3.8, 4) is 5.88 Å². The van der Waals surface area contributed by atoms with Gasteiger partial charge in [-0.15, -0.1) is 0 Å². The fourth-order valence-corrected chi connectivity index (χ4v) is 1.67. The molecule has 100 valence electrons. The summed E-state index contributed by atoms with van der Waals surface area (Å²) in [6, 6.07) is 1.26. The molecule has 5 N–H and O–H groups in total. The maximum absolute atomic E-state index is 11.7. The number of nitrogens with one attached hydrogen (secondary N) is 1. The molecule has 0 saturated heterocycles. The molecule has 1 aromatic heterocycles. The van der Waals surface area contributed by atoms with Gasteiger partial charge in [0.1, 0.15) is 5.56 Å². The third-order valence-electron chi connectivity index (χ3n) is 2.53. The van der Waals surface area contributed by atoms with Gasteiger partial charge in [0, 0.05) is 25.7 Å². The second-order valence-electron chi connectivity index (χ2n) is 3.85. The Morgan fingerprint density at radius 2 is 2.17 bits per heavy atom. The number of nitrogens with zero attached hydrogens (tertiary/aromatic N) is 1. The van der Waals surface area contributed by atoms with Crippen LogP contribution in [0.25, 0.3) is 0 Å². The smallest absolute Gasteiger partial charge is 0.254 e. The zero-order valence-electron chi connectivity index (χ0n) is 10.1. The number of carbonyl (C=O) groups excluding carboxylic acids is 1. The van der Waals surface area contributed by atoms with Gasteiger partial charge < -0.3 is 21.3 Å². The molecule has 1 amide bonds. The van der Waals surface area contributed by atoms with Crippen molar-refractivity contribution < 1.29 is 15.0 Å². The van der Waals surface area contributed by atoms with Crippen LogP contribution in [0.1, 0.15) is 15.9 Å². The van der Waals surface area contributed by atoms with Crippen molar-refractivity contribution in [1.82, 2.24) is 9.88 Å². The van der Waals surface area contributed by atoms with Crippen LogP contribution in [0.5, 0.6) is 5.88 Å².